The summed E-state index contributed by atoms with van der Waals surface area (Å²) in [6, 6.07) is 0. The van der Waals surface area contributed by atoms with Gasteiger partial charge < -0.3 is 15.0 Å². The molecule has 2 aliphatic heterocycles. The Bertz CT molecular complexity index is 234. The van der Waals surface area contributed by atoms with E-state index in [0.717, 1.165) is 25.0 Å². The van der Waals surface area contributed by atoms with Crippen molar-refractivity contribution < 1.29 is 4.74 Å². The van der Waals surface area contributed by atoms with Crippen molar-refractivity contribution in [1.29, 1.82) is 0 Å². The zero-order chi connectivity index (χ0) is 12.3. The van der Waals surface area contributed by atoms with Crippen LogP contribution in [0.15, 0.2) is 0 Å². The first-order valence-corrected chi connectivity index (χ1v) is 7.05. The second kappa shape index (κ2) is 5.68. The normalized spacial score (nSPS) is 37.2. The quantitative estimate of drug-likeness (QED) is 0.813. The summed E-state index contributed by atoms with van der Waals surface area (Å²) < 4.78 is 5.37. The zero-order valence-corrected chi connectivity index (χ0v) is 11.7. The van der Waals surface area contributed by atoms with Crippen LogP contribution in [0.1, 0.15) is 32.6 Å². The third-order valence-electron chi connectivity index (χ3n) is 4.67. The highest BCUT2D eigenvalue weighted by atomic mass is 16.5. The lowest BCUT2D eigenvalue weighted by molar-refractivity contribution is 0.0550. The molecule has 0 aromatic carbocycles. The molecule has 100 valence electrons. The highest BCUT2D eigenvalue weighted by Crippen LogP contribution is 2.35. The van der Waals surface area contributed by atoms with Crippen molar-refractivity contribution in [3.63, 3.8) is 0 Å². The molecule has 0 aliphatic carbocycles. The Morgan fingerprint density at radius 2 is 1.94 bits per heavy atom. The second-order valence-corrected chi connectivity index (χ2v) is 6.31. The van der Waals surface area contributed by atoms with Crippen molar-refractivity contribution in [3.8, 4) is 0 Å². The van der Waals surface area contributed by atoms with Gasteiger partial charge in [-0.25, -0.2) is 0 Å². The molecule has 0 radical (unpaired) electrons. The van der Waals surface area contributed by atoms with Gasteiger partial charge in [-0.3, -0.25) is 0 Å². The smallest absolute Gasteiger partial charge is 0.0641 e. The average Bonchev–Trinajstić information content (AvgIpc) is 2.30. The van der Waals surface area contributed by atoms with Gasteiger partial charge >= 0.3 is 0 Å². The van der Waals surface area contributed by atoms with Gasteiger partial charge in [0.25, 0.3) is 0 Å². The largest absolute Gasteiger partial charge is 0.383 e. The Morgan fingerprint density at radius 3 is 2.59 bits per heavy atom. The van der Waals surface area contributed by atoms with E-state index in [9.17, 15) is 0 Å². The predicted octanol–water partition coefficient (Wildman–Crippen LogP) is 1.73. The van der Waals surface area contributed by atoms with Crippen LogP contribution in [0.2, 0.25) is 0 Å². The van der Waals surface area contributed by atoms with Crippen LogP contribution in [0.3, 0.4) is 0 Å². The van der Waals surface area contributed by atoms with Crippen LogP contribution in [0.25, 0.3) is 0 Å². The number of hydrogen-bond acceptors (Lipinski definition) is 3. The van der Waals surface area contributed by atoms with Crippen LogP contribution in [-0.2, 0) is 4.74 Å². The molecule has 2 fully saturated rings. The van der Waals surface area contributed by atoms with Crippen molar-refractivity contribution in [2.24, 2.45) is 11.8 Å². The van der Waals surface area contributed by atoms with E-state index < -0.39 is 0 Å². The predicted molar refractivity (Wildman–Crippen MR) is 71.2 cm³/mol. The van der Waals surface area contributed by atoms with Crippen LogP contribution in [0, 0.1) is 11.8 Å². The lowest BCUT2D eigenvalue weighted by Gasteiger charge is -2.43. The summed E-state index contributed by atoms with van der Waals surface area (Å²) in [4.78, 5) is 2.46. The van der Waals surface area contributed by atoms with Gasteiger partial charge in [-0.1, -0.05) is 0 Å². The molecular weight excluding hydrogens is 212 g/mol. The number of hydrogen-bond donors (Lipinski definition) is 1. The molecule has 2 saturated heterocycles. The topological polar surface area (TPSA) is 24.5 Å². The third-order valence-corrected chi connectivity index (χ3v) is 4.67. The maximum Gasteiger partial charge on any atom is 0.0641 e. The Kier molecular flexibility index (Phi) is 4.45. The molecule has 2 unspecified atom stereocenters. The van der Waals surface area contributed by atoms with E-state index in [2.05, 4.69) is 24.2 Å². The molecular formula is C14H28N2O. The fourth-order valence-electron chi connectivity index (χ4n) is 3.64. The Morgan fingerprint density at radius 1 is 1.24 bits per heavy atom. The molecule has 2 heterocycles. The fourth-order valence-corrected chi connectivity index (χ4v) is 3.64. The van der Waals surface area contributed by atoms with E-state index in [0.29, 0.717) is 0 Å². The van der Waals surface area contributed by atoms with Crippen molar-refractivity contribution in [2.75, 3.05) is 40.4 Å². The van der Waals surface area contributed by atoms with E-state index in [-0.39, 0.29) is 5.54 Å². The third kappa shape index (κ3) is 3.43. The molecule has 1 N–H and O–H groups in total. The van der Waals surface area contributed by atoms with E-state index in [1.54, 1.807) is 0 Å². The fraction of sp³-hybridized carbons (Fsp3) is 1.00. The van der Waals surface area contributed by atoms with Crippen LogP contribution < -0.4 is 5.32 Å². The van der Waals surface area contributed by atoms with Crippen molar-refractivity contribution >= 4 is 0 Å². The van der Waals surface area contributed by atoms with Gasteiger partial charge in [0.05, 0.1) is 6.61 Å². The number of likely N-dealkylation sites (tertiary alicyclic amines) is 1. The van der Waals surface area contributed by atoms with E-state index in [1.807, 2.05) is 7.11 Å². The summed E-state index contributed by atoms with van der Waals surface area (Å²) in [6.07, 6.45) is 5.43. The molecule has 0 aromatic rings. The summed E-state index contributed by atoms with van der Waals surface area (Å²) in [5.41, 5.74) is 0.209. The first-order chi connectivity index (χ1) is 8.13. The minimum atomic E-state index is 0.209. The molecule has 2 atom stereocenters. The van der Waals surface area contributed by atoms with Gasteiger partial charge in [-0.15, -0.1) is 0 Å². The van der Waals surface area contributed by atoms with Gasteiger partial charge in [0.1, 0.15) is 0 Å². The first-order valence-electron chi connectivity index (χ1n) is 7.05. The molecule has 0 spiro atoms. The van der Waals surface area contributed by atoms with Gasteiger partial charge in [0, 0.05) is 12.6 Å². The second-order valence-electron chi connectivity index (χ2n) is 6.31. The lowest BCUT2D eigenvalue weighted by Crippen LogP contribution is -2.53. The molecule has 3 heteroatoms. The summed E-state index contributed by atoms with van der Waals surface area (Å²) >= 11 is 0. The standard InChI is InChI=1S/C14H28N2O/c1-14(11-17-3)10-13(4-7-15-14)12-5-8-16(2)9-6-12/h12-13,15H,4-11H2,1-3H3. The van der Waals surface area contributed by atoms with Crippen molar-refractivity contribution in [3.05, 3.63) is 0 Å². The summed E-state index contributed by atoms with van der Waals surface area (Å²) in [5, 5.41) is 3.64. The SMILES string of the molecule is COCC1(C)CC(C2CCN(C)CC2)CCN1. The number of nitrogens with zero attached hydrogens (tertiary/aromatic N) is 1. The monoisotopic (exact) mass is 240 g/mol. The maximum atomic E-state index is 5.37. The van der Waals surface area contributed by atoms with E-state index >= 15 is 0 Å². The molecule has 2 rings (SSSR count). The first kappa shape index (κ1) is 13.3. The molecule has 2 aliphatic rings. The molecule has 0 amide bonds. The number of piperidine rings is 2. The van der Waals surface area contributed by atoms with Gasteiger partial charge in [0.2, 0.25) is 0 Å². The average molecular weight is 240 g/mol. The van der Waals surface area contributed by atoms with Crippen molar-refractivity contribution in [1.82, 2.24) is 10.2 Å². The number of rotatable bonds is 3. The Hall–Kier alpha value is -0.120. The number of nitrogens with one attached hydrogen (secondary N) is 1. The van der Waals surface area contributed by atoms with Crippen molar-refractivity contribution in [2.45, 2.75) is 38.1 Å². The summed E-state index contributed by atoms with van der Waals surface area (Å²) in [7, 11) is 4.06. The van der Waals surface area contributed by atoms with Crippen LogP contribution in [0.4, 0.5) is 0 Å². The summed E-state index contributed by atoms with van der Waals surface area (Å²) in [5.74, 6) is 1.86. The Labute approximate surface area is 106 Å². The van der Waals surface area contributed by atoms with E-state index in [1.165, 1.54) is 38.8 Å². The lowest BCUT2D eigenvalue weighted by atomic mass is 9.73. The molecule has 0 saturated carbocycles. The minimum absolute atomic E-state index is 0.209. The highest BCUT2D eigenvalue weighted by Gasteiger charge is 2.36. The van der Waals surface area contributed by atoms with Gasteiger partial charge in [-0.05, 0) is 71.1 Å². The zero-order valence-electron chi connectivity index (χ0n) is 11.7. The van der Waals surface area contributed by atoms with Gasteiger partial charge in [-0.2, -0.15) is 0 Å². The van der Waals surface area contributed by atoms with Gasteiger partial charge in [0.15, 0.2) is 0 Å². The molecule has 0 aromatic heterocycles. The maximum absolute atomic E-state index is 5.37. The molecule has 0 bridgehead atoms. The molecule has 17 heavy (non-hydrogen) atoms. The summed E-state index contributed by atoms with van der Waals surface area (Å²) in [6.45, 7) is 6.90. The number of methoxy groups -OCH3 is 1. The van der Waals surface area contributed by atoms with Crippen LogP contribution in [0.5, 0.6) is 0 Å². The Balaban J connectivity index is 1.88. The number of ether oxygens (including phenoxy) is 1. The van der Waals surface area contributed by atoms with Crippen LogP contribution in [-0.4, -0.2) is 50.8 Å². The highest BCUT2D eigenvalue weighted by molar-refractivity contribution is 4.93. The van der Waals surface area contributed by atoms with E-state index in [4.69, 9.17) is 4.74 Å². The van der Waals surface area contributed by atoms with Crippen LogP contribution >= 0.6 is 0 Å². The molecule has 3 nitrogen and oxygen atoms in total. The minimum Gasteiger partial charge on any atom is -0.383 e.